The van der Waals surface area contributed by atoms with Crippen LogP contribution >= 0.6 is 0 Å². The van der Waals surface area contributed by atoms with Gasteiger partial charge in [-0.05, 0) is 13.8 Å². The van der Waals surface area contributed by atoms with Crippen molar-refractivity contribution >= 4 is 10.4 Å². The maximum atomic E-state index is 8.74. The van der Waals surface area contributed by atoms with Gasteiger partial charge in [-0.3, -0.25) is 9.11 Å². The maximum Gasteiger partial charge on any atom is 0.394 e. The number of hydrogen-bond acceptors (Lipinski definition) is 4. The summed E-state index contributed by atoms with van der Waals surface area (Å²) in [4.78, 5) is 0. The third-order valence-electron chi connectivity index (χ3n) is 0. The Balaban J connectivity index is -0.0000000933. The Bertz CT molecular complexity index is 118. The molecule has 7 heteroatoms. The molecular formula is C4H14O6S. The van der Waals surface area contributed by atoms with Crippen LogP contribution in [0.2, 0.25) is 0 Å². The van der Waals surface area contributed by atoms with Crippen molar-refractivity contribution in [2.24, 2.45) is 0 Å². The van der Waals surface area contributed by atoms with Gasteiger partial charge in [-0.2, -0.15) is 8.42 Å². The van der Waals surface area contributed by atoms with Gasteiger partial charge >= 0.3 is 10.4 Å². The Hall–Kier alpha value is -0.210. The molecule has 0 aliphatic carbocycles. The number of rotatable bonds is 0. The van der Waals surface area contributed by atoms with E-state index < -0.39 is 10.4 Å². The highest BCUT2D eigenvalue weighted by molar-refractivity contribution is 7.79. The fraction of sp³-hybridized carbons (Fsp3) is 1.00. The van der Waals surface area contributed by atoms with E-state index in [1.165, 1.54) is 0 Å². The molecule has 0 bridgehead atoms. The topological polar surface area (TPSA) is 115 Å². The van der Waals surface area contributed by atoms with E-state index in [1.807, 2.05) is 0 Å². The molecule has 0 rings (SSSR count). The van der Waals surface area contributed by atoms with E-state index in [-0.39, 0.29) is 13.2 Å². The zero-order chi connectivity index (χ0) is 9.91. The molecule has 0 aromatic heterocycles. The van der Waals surface area contributed by atoms with Crippen molar-refractivity contribution in [2.45, 2.75) is 13.8 Å². The smallest absolute Gasteiger partial charge is 0.394 e. The van der Waals surface area contributed by atoms with Crippen LogP contribution in [0.5, 0.6) is 0 Å². The van der Waals surface area contributed by atoms with Gasteiger partial charge in [0, 0.05) is 13.2 Å². The van der Waals surface area contributed by atoms with Gasteiger partial charge in [0.1, 0.15) is 0 Å². The molecule has 0 radical (unpaired) electrons. The quantitative estimate of drug-likeness (QED) is 0.377. The molecule has 0 unspecified atom stereocenters. The Labute approximate surface area is 66.1 Å². The second kappa shape index (κ2) is 12.5. The first-order chi connectivity index (χ1) is 4.83. The first-order valence-corrected chi connectivity index (χ1v) is 4.14. The van der Waals surface area contributed by atoms with E-state index in [1.54, 1.807) is 13.8 Å². The molecule has 0 atom stereocenters. The lowest BCUT2D eigenvalue weighted by atomic mass is 10.9. The zero-order valence-corrected chi connectivity index (χ0v) is 7.24. The van der Waals surface area contributed by atoms with Crippen molar-refractivity contribution in [3.8, 4) is 0 Å². The molecule has 0 spiro atoms. The average molecular weight is 190 g/mol. The monoisotopic (exact) mass is 190 g/mol. The van der Waals surface area contributed by atoms with Gasteiger partial charge in [-0.1, -0.05) is 0 Å². The van der Waals surface area contributed by atoms with Crippen LogP contribution < -0.4 is 0 Å². The minimum atomic E-state index is -4.67. The van der Waals surface area contributed by atoms with Crippen LogP contribution in [0.3, 0.4) is 0 Å². The predicted octanol–water partition coefficient (Wildman–Crippen LogP) is -0.656. The lowest BCUT2D eigenvalue weighted by Gasteiger charge is -1.68. The van der Waals surface area contributed by atoms with Crippen molar-refractivity contribution in [1.82, 2.24) is 0 Å². The summed E-state index contributed by atoms with van der Waals surface area (Å²) < 4.78 is 31.6. The van der Waals surface area contributed by atoms with Gasteiger partial charge in [0.15, 0.2) is 0 Å². The second-order valence-corrected chi connectivity index (χ2v) is 1.98. The molecule has 0 aromatic rings. The minimum Gasteiger partial charge on any atom is -0.397 e. The molecule has 0 saturated heterocycles. The van der Waals surface area contributed by atoms with Crippen LogP contribution in [0, 0.1) is 0 Å². The highest BCUT2D eigenvalue weighted by Gasteiger charge is 1.84. The lowest BCUT2D eigenvalue weighted by Crippen LogP contribution is -1.89. The highest BCUT2D eigenvalue weighted by Crippen LogP contribution is 1.59. The van der Waals surface area contributed by atoms with Gasteiger partial charge in [0.2, 0.25) is 0 Å². The molecular weight excluding hydrogens is 176 g/mol. The summed E-state index contributed by atoms with van der Waals surface area (Å²) in [5.74, 6) is 0. The SMILES string of the molecule is CCO.CCO.O=S(=O)(O)O. The molecule has 0 amide bonds. The largest absolute Gasteiger partial charge is 0.397 e. The third kappa shape index (κ3) is 13500. The summed E-state index contributed by atoms with van der Waals surface area (Å²) in [5, 5.41) is 15.1. The molecule has 0 aliphatic rings. The van der Waals surface area contributed by atoms with Gasteiger partial charge in [0.25, 0.3) is 0 Å². The van der Waals surface area contributed by atoms with Crippen LogP contribution in [-0.2, 0) is 10.4 Å². The molecule has 0 aliphatic heterocycles. The van der Waals surface area contributed by atoms with Gasteiger partial charge in [-0.25, -0.2) is 0 Å². The van der Waals surface area contributed by atoms with Gasteiger partial charge in [-0.15, -0.1) is 0 Å². The molecule has 4 N–H and O–H groups in total. The van der Waals surface area contributed by atoms with Crippen molar-refractivity contribution in [1.29, 1.82) is 0 Å². The summed E-state index contributed by atoms with van der Waals surface area (Å²) >= 11 is 0. The van der Waals surface area contributed by atoms with Crippen molar-refractivity contribution in [3.05, 3.63) is 0 Å². The van der Waals surface area contributed by atoms with Crippen LogP contribution in [0.25, 0.3) is 0 Å². The van der Waals surface area contributed by atoms with Crippen LogP contribution in [-0.4, -0.2) is 41.0 Å². The molecule has 72 valence electrons. The molecule has 0 aromatic carbocycles. The maximum absolute atomic E-state index is 8.74. The Morgan fingerprint density at radius 3 is 1.00 bits per heavy atom. The molecule has 6 nitrogen and oxygen atoms in total. The Morgan fingerprint density at radius 2 is 1.00 bits per heavy atom. The van der Waals surface area contributed by atoms with Crippen molar-refractivity contribution < 1.29 is 27.7 Å². The first-order valence-electron chi connectivity index (χ1n) is 2.75. The molecule has 0 heterocycles. The molecule has 0 fully saturated rings. The highest BCUT2D eigenvalue weighted by atomic mass is 32.3. The van der Waals surface area contributed by atoms with E-state index in [9.17, 15) is 0 Å². The van der Waals surface area contributed by atoms with Gasteiger partial charge in [0.05, 0.1) is 0 Å². The van der Waals surface area contributed by atoms with E-state index in [2.05, 4.69) is 0 Å². The minimum absolute atomic E-state index is 0.250. The number of hydrogen-bond donors (Lipinski definition) is 4. The Morgan fingerprint density at radius 1 is 1.00 bits per heavy atom. The molecule has 11 heavy (non-hydrogen) atoms. The fourth-order valence-corrected chi connectivity index (χ4v) is 0. The summed E-state index contributed by atoms with van der Waals surface area (Å²) in [5.41, 5.74) is 0. The van der Waals surface area contributed by atoms with E-state index >= 15 is 0 Å². The summed E-state index contributed by atoms with van der Waals surface area (Å²) in [6.45, 7) is 3.86. The number of aliphatic hydroxyl groups is 2. The fourth-order valence-electron chi connectivity index (χ4n) is 0. The molecule has 0 saturated carbocycles. The lowest BCUT2D eigenvalue weighted by molar-refractivity contribution is 0.318. The first kappa shape index (κ1) is 17.0. The van der Waals surface area contributed by atoms with E-state index in [0.29, 0.717) is 0 Å². The third-order valence-corrected chi connectivity index (χ3v) is 0. The predicted molar refractivity (Wildman–Crippen MR) is 39.7 cm³/mol. The number of aliphatic hydroxyl groups excluding tert-OH is 2. The van der Waals surface area contributed by atoms with Gasteiger partial charge < -0.3 is 10.2 Å². The van der Waals surface area contributed by atoms with E-state index in [0.717, 1.165) is 0 Å². The zero-order valence-electron chi connectivity index (χ0n) is 6.43. The second-order valence-electron chi connectivity index (χ2n) is 1.08. The summed E-state index contributed by atoms with van der Waals surface area (Å²) in [6, 6.07) is 0. The van der Waals surface area contributed by atoms with Crippen LogP contribution in [0.1, 0.15) is 13.8 Å². The van der Waals surface area contributed by atoms with Crippen molar-refractivity contribution in [2.75, 3.05) is 13.2 Å². The van der Waals surface area contributed by atoms with Crippen LogP contribution in [0.15, 0.2) is 0 Å². The summed E-state index contributed by atoms with van der Waals surface area (Å²) in [6.07, 6.45) is 0. The average Bonchev–Trinajstić information content (AvgIpc) is 1.62. The standard InChI is InChI=1S/2C2H6O.H2O4S/c2*1-2-3;1-5(2,3)4/h2*3H,2H2,1H3;(H2,1,2,3,4). The van der Waals surface area contributed by atoms with E-state index in [4.69, 9.17) is 27.7 Å². The van der Waals surface area contributed by atoms with Crippen LogP contribution in [0.4, 0.5) is 0 Å². The Kier molecular flexibility index (Phi) is 19.3. The normalized spacial score (nSPS) is 8.55. The van der Waals surface area contributed by atoms with Crippen molar-refractivity contribution in [3.63, 3.8) is 0 Å². The summed E-state index contributed by atoms with van der Waals surface area (Å²) in [7, 11) is -4.67.